The largest absolute Gasteiger partial charge is 0.342 e. The minimum absolute atomic E-state index is 0.979. The molecule has 1 aromatic heterocycles. The fourth-order valence-electron chi connectivity index (χ4n) is 2.62. The molecule has 95 valence electrons. The molecule has 3 rings (SSSR count). The van der Waals surface area contributed by atoms with Crippen LogP contribution in [0.2, 0.25) is 0 Å². The van der Waals surface area contributed by atoms with Crippen molar-refractivity contribution in [2.75, 3.05) is 0 Å². The minimum atomic E-state index is 0.979. The van der Waals surface area contributed by atoms with Crippen molar-refractivity contribution in [2.24, 2.45) is 7.05 Å². The molecule has 19 heavy (non-hydrogen) atoms. The Hall–Kier alpha value is -2.02. The molecule has 0 fully saturated rings. The van der Waals surface area contributed by atoms with E-state index in [0.717, 1.165) is 12.8 Å². The number of aromatic nitrogens is 1. The maximum absolute atomic E-state index is 3.24. The number of hydrogen-bond acceptors (Lipinski definition) is 0. The first-order chi connectivity index (χ1) is 9.28. The van der Waals surface area contributed by atoms with E-state index in [-0.39, 0.29) is 0 Å². The maximum Gasteiger partial charge on any atom is 0.0656 e. The summed E-state index contributed by atoms with van der Waals surface area (Å²) in [7, 11) is 2.06. The summed E-state index contributed by atoms with van der Waals surface area (Å²) in [6.45, 7) is 2.19. The lowest BCUT2D eigenvalue weighted by Gasteiger charge is -2.07. The van der Waals surface area contributed by atoms with Gasteiger partial charge in [0.2, 0.25) is 0 Å². The highest BCUT2D eigenvalue weighted by Gasteiger charge is 2.05. The summed E-state index contributed by atoms with van der Waals surface area (Å²) in [5, 5.41) is 1.27. The summed E-state index contributed by atoms with van der Waals surface area (Å²) in [4.78, 5) is 0. The van der Waals surface area contributed by atoms with Gasteiger partial charge in [0.1, 0.15) is 0 Å². The topological polar surface area (TPSA) is 4.93 Å². The molecule has 0 aliphatic carbocycles. The molecule has 0 saturated heterocycles. The van der Waals surface area contributed by atoms with Crippen molar-refractivity contribution in [3.8, 4) is 0 Å². The third-order valence-electron chi connectivity index (χ3n) is 3.73. The smallest absolute Gasteiger partial charge is 0.0656 e. The van der Waals surface area contributed by atoms with Gasteiger partial charge in [-0.1, -0.05) is 49.4 Å². The number of benzene rings is 2. The predicted octanol–water partition coefficient (Wildman–Crippen LogP) is 4.13. The molecule has 3 aromatic rings. The van der Waals surface area contributed by atoms with Crippen molar-refractivity contribution in [1.29, 1.82) is 0 Å². The van der Waals surface area contributed by atoms with E-state index in [1.807, 2.05) is 0 Å². The number of rotatable bonds is 3. The van der Waals surface area contributed by atoms with E-state index in [9.17, 15) is 0 Å². The molecule has 0 bridgehead atoms. The normalized spacial score (nSPS) is 11.1. The van der Waals surface area contributed by atoms with E-state index < -0.39 is 0 Å². The molecule has 0 spiro atoms. The highest BCUT2D eigenvalue weighted by atomic mass is 14.9. The second-order valence-corrected chi connectivity index (χ2v) is 5.03. The predicted molar refractivity (Wildman–Crippen MR) is 80.4 cm³/mol. The van der Waals surface area contributed by atoms with Crippen molar-refractivity contribution in [3.63, 3.8) is 0 Å². The highest BCUT2D eigenvalue weighted by molar-refractivity contribution is 5.83. The van der Waals surface area contributed by atoms with Gasteiger partial charge in [-0.15, -0.1) is 0 Å². The van der Waals surface area contributed by atoms with E-state index in [4.69, 9.17) is 0 Å². The van der Waals surface area contributed by atoms with E-state index in [0.29, 0.717) is 0 Å². The lowest BCUT2D eigenvalue weighted by molar-refractivity contribution is 0.949. The summed E-state index contributed by atoms with van der Waals surface area (Å²) in [5.74, 6) is 0. The van der Waals surface area contributed by atoms with E-state index in [1.54, 1.807) is 0 Å². The van der Waals surface area contributed by atoms with Crippen LogP contribution in [0.3, 0.4) is 0 Å². The third kappa shape index (κ3) is 2.28. The Balaban J connectivity index is 1.98. The Bertz CT molecular complexity index is 689. The zero-order valence-electron chi connectivity index (χ0n) is 11.5. The molecule has 1 nitrogen and oxygen atoms in total. The summed E-state index contributed by atoms with van der Waals surface area (Å²) in [6.07, 6.45) is 5.32. The first-order valence-electron chi connectivity index (χ1n) is 6.80. The van der Waals surface area contributed by atoms with Crippen LogP contribution in [0.1, 0.15) is 23.6 Å². The molecule has 0 atom stereocenters. The van der Waals surface area contributed by atoms with Gasteiger partial charge in [-0.25, -0.2) is 0 Å². The van der Waals surface area contributed by atoms with Crippen molar-refractivity contribution in [3.05, 3.63) is 71.4 Å². The second kappa shape index (κ2) is 4.93. The summed E-state index contributed by atoms with van der Waals surface area (Å²) < 4.78 is 2.09. The third-order valence-corrected chi connectivity index (χ3v) is 3.73. The molecule has 0 amide bonds. The van der Waals surface area contributed by atoms with Gasteiger partial charge in [-0.3, -0.25) is 0 Å². The van der Waals surface area contributed by atoms with Crippen LogP contribution in [-0.4, -0.2) is 4.57 Å². The van der Waals surface area contributed by atoms with Crippen LogP contribution in [0.15, 0.2) is 48.5 Å². The molecule has 1 heteroatoms. The van der Waals surface area contributed by atoms with Crippen LogP contribution >= 0.6 is 0 Å². The number of fused-ring (bicyclic) bond motifs is 1. The molecule has 0 saturated carbocycles. The summed E-state index contributed by atoms with van der Waals surface area (Å²) in [6, 6.07) is 17.5. The van der Waals surface area contributed by atoms with Gasteiger partial charge < -0.3 is 4.57 Å². The molecular formula is C18H18N. The van der Waals surface area contributed by atoms with Crippen molar-refractivity contribution < 1.29 is 0 Å². The summed E-state index contributed by atoms with van der Waals surface area (Å²) in [5.41, 5.74) is 5.42. The Morgan fingerprint density at radius 3 is 2.47 bits per heavy atom. The van der Waals surface area contributed by atoms with Crippen LogP contribution in [0.5, 0.6) is 0 Å². The molecule has 1 heterocycles. The number of aryl methyl sites for hydroxylation is 2. The Morgan fingerprint density at radius 2 is 1.74 bits per heavy atom. The standard InChI is InChI=1S/C18H18N/c1-3-14-7-9-15(10-8-14)13-17-6-4-5-16-11-12-19(2)18(16)17/h4-11H,3,13H2,1-2H3. The van der Waals surface area contributed by atoms with Gasteiger partial charge in [0.15, 0.2) is 0 Å². The first kappa shape index (κ1) is 12.0. The van der Waals surface area contributed by atoms with Gasteiger partial charge >= 0.3 is 0 Å². The molecule has 0 N–H and O–H groups in total. The van der Waals surface area contributed by atoms with Gasteiger partial charge in [0.25, 0.3) is 0 Å². The fourth-order valence-corrected chi connectivity index (χ4v) is 2.62. The maximum atomic E-state index is 3.24. The Kier molecular flexibility index (Phi) is 3.12. The van der Waals surface area contributed by atoms with E-state index >= 15 is 0 Å². The molecule has 0 aliphatic heterocycles. The Morgan fingerprint density at radius 1 is 1.00 bits per heavy atom. The molecule has 0 unspecified atom stereocenters. The number of nitrogens with zero attached hydrogens (tertiary/aromatic N) is 1. The van der Waals surface area contributed by atoms with Gasteiger partial charge in [0, 0.05) is 12.4 Å². The fraction of sp³-hybridized carbons (Fsp3) is 0.222. The quantitative estimate of drug-likeness (QED) is 0.656. The zero-order valence-corrected chi connectivity index (χ0v) is 11.5. The van der Waals surface area contributed by atoms with Crippen molar-refractivity contribution in [1.82, 2.24) is 4.57 Å². The van der Waals surface area contributed by atoms with Crippen LogP contribution < -0.4 is 0 Å². The number of para-hydroxylation sites is 1. The zero-order chi connectivity index (χ0) is 13.2. The van der Waals surface area contributed by atoms with Gasteiger partial charge in [-0.2, -0.15) is 0 Å². The number of hydrogen-bond donors (Lipinski definition) is 0. The monoisotopic (exact) mass is 248 g/mol. The first-order valence-corrected chi connectivity index (χ1v) is 6.80. The molecular weight excluding hydrogens is 230 g/mol. The van der Waals surface area contributed by atoms with Gasteiger partial charge in [0.05, 0.1) is 11.7 Å². The molecule has 0 aliphatic rings. The lowest BCUT2D eigenvalue weighted by Crippen LogP contribution is -1.94. The van der Waals surface area contributed by atoms with Crippen molar-refractivity contribution in [2.45, 2.75) is 19.8 Å². The average molecular weight is 248 g/mol. The lowest BCUT2D eigenvalue weighted by atomic mass is 10.0. The Labute approximate surface area is 114 Å². The van der Waals surface area contributed by atoms with Crippen LogP contribution in [0.4, 0.5) is 0 Å². The van der Waals surface area contributed by atoms with Crippen LogP contribution in [0.25, 0.3) is 10.9 Å². The van der Waals surface area contributed by atoms with E-state index in [2.05, 4.69) is 73.3 Å². The van der Waals surface area contributed by atoms with E-state index in [1.165, 1.54) is 27.6 Å². The molecule has 1 radical (unpaired) electrons. The molecule has 2 aromatic carbocycles. The van der Waals surface area contributed by atoms with Gasteiger partial charge in [-0.05, 0) is 35.6 Å². The summed E-state index contributed by atoms with van der Waals surface area (Å²) >= 11 is 0. The average Bonchev–Trinajstić information content (AvgIpc) is 2.83. The van der Waals surface area contributed by atoms with Crippen LogP contribution in [-0.2, 0) is 19.9 Å². The van der Waals surface area contributed by atoms with Crippen molar-refractivity contribution >= 4 is 10.9 Å². The van der Waals surface area contributed by atoms with Crippen LogP contribution in [0, 0.1) is 6.20 Å². The minimum Gasteiger partial charge on any atom is -0.342 e. The highest BCUT2D eigenvalue weighted by Crippen LogP contribution is 2.22. The SMILES string of the molecule is CCc1ccc(Cc2cccc3c[c]n(C)c23)cc1. The second-order valence-electron chi connectivity index (χ2n) is 5.03.